The highest BCUT2D eigenvalue weighted by molar-refractivity contribution is 5.14. The molecule has 0 aliphatic heterocycles. The van der Waals surface area contributed by atoms with Crippen LogP contribution in [0.25, 0.3) is 0 Å². The molecule has 0 saturated carbocycles. The summed E-state index contributed by atoms with van der Waals surface area (Å²) in [4.78, 5) is 0. The van der Waals surface area contributed by atoms with E-state index < -0.39 is 0 Å². The Kier molecular flexibility index (Phi) is 9.30. The topological polar surface area (TPSA) is 0 Å². The minimum Gasteiger partial charge on any atom is -0.103 e. The van der Waals surface area contributed by atoms with Crippen LogP contribution in [-0.4, -0.2) is 0 Å². The van der Waals surface area contributed by atoms with E-state index in [4.69, 9.17) is 0 Å². The van der Waals surface area contributed by atoms with Crippen LogP contribution in [0.3, 0.4) is 0 Å². The van der Waals surface area contributed by atoms with Crippen molar-refractivity contribution in [3.8, 4) is 0 Å². The molecule has 0 heterocycles. The largest absolute Gasteiger partial charge is 0.103 e. The van der Waals surface area contributed by atoms with E-state index in [0.29, 0.717) is 0 Å². The molecule has 0 radical (unpaired) electrons. The van der Waals surface area contributed by atoms with E-state index in [0.717, 1.165) is 6.42 Å². The Bertz CT molecular complexity index is 211. The maximum Gasteiger partial charge on any atom is -0.0279 e. The lowest BCUT2D eigenvalue weighted by molar-refractivity contribution is 0.795. The first-order valence-corrected chi connectivity index (χ1v) is 5.49. The van der Waals surface area contributed by atoms with Gasteiger partial charge >= 0.3 is 0 Å². The minimum absolute atomic E-state index is 1.08. The second-order valence-electron chi connectivity index (χ2n) is 3.29. The average Bonchev–Trinajstić information content (AvgIpc) is 2.28. The lowest BCUT2D eigenvalue weighted by Crippen LogP contribution is -1.81. The van der Waals surface area contributed by atoms with Gasteiger partial charge in [0, 0.05) is 0 Å². The molecule has 0 fully saturated rings. The number of aryl methyl sites for hydroxylation is 1. The first kappa shape index (κ1) is 13.0. The van der Waals surface area contributed by atoms with Gasteiger partial charge in [0.15, 0.2) is 0 Å². The molecule has 0 aromatic heterocycles. The summed E-state index contributed by atoms with van der Waals surface area (Å²) >= 11 is 0. The molecule has 1 aromatic carbocycles. The number of rotatable bonds is 4. The zero-order chi connectivity index (χ0) is 10.6. The first-order valence-electron chi connectivity index (χ1n) is 5.49. The van der Waals surface area contributed by atoms with E-state index in [1.165, 1.54) is 24.8 Å². The fraction of sp³-hybridized carbons (Fsp3) is 0.429. The zero-order valence-electron chi connectivity index (χ0n) is 9.50. The van der Waals surface area contributed by atoms with Crippen LogP contribution in [0.4, 0.5) is 0 Å². The first-order chi connectivity index (χ1) is 6.85. The van der Waals surface area contributed by atoms with Crippen molar-refractivity contribution in [3.63, 3.8) is 0 Å². The van der Waals surface area contributed by atoms with Gasteiger partial charge in [0.1, 0.15) is 0 Å². The SMILES string of the molecule is C=CCC.CCCCc1ccccc1. The summed E-state index contributed by atoms with van der Waals surface area (Å²) in [6, 6.07) is 10.6. The number of hydrogen-bond donors (Lipinski definition) is 0. The second-order valence-corrected chi connectivity index (χ2v) is 3.29. The van der Waals surface area contributed by atoms with Crippen molar-refractivity contribution >= 4 is 0 Å². The smallest absolute Gasteiger partial charge is 0.0279 e. The van der Waals surface area contributed by atoms with Crippen LogP contribution >= 0.6 is 0 Å². The summed E-state index contributed by atoms with van der Waals surface area (Å²) in [5.41, 5.74) is 1.46. The van der Waals surface area contributed by atoms with Gasteiger partial charge in [0.2, 0.25) is 0 Å². The molecule has 0 saturated heterocycles. The molecular weight excluding hydrogens is 168 g/mol. The Labute approximate surface area is 88.7 Å². The van der Waals surface area contributed by atoms with Gasteiger partial charge in [-0.3, -0.25) is 0 Å². The fourth-order valence-corrected chi connectivity index (χ4v) is 1.03. The van der Waals surface area contributed by atoms with Gasteiger partial charge in [0.05, 0.1) is 0 Å². The summed E-state index contributed by atoms with van der Waals surface area (Å²) in [5, 5.41) is 0. The van der Waals surface area contributed by atoms with Crippen molar-refractivity contribution in [1.29, 1.82) is 0 Å². The van der Waals surface area contributed by atoms with Gasteiger partial charge in [-0.25, -0.2) is 0 Å². The predicted octanol–water partition coefficient (Wildman–Crippen LogP) is 4.61. The van der Waals surface area contributed by atoms with Crippen LogP contribution in [-0.2, 0) is 6.42 Å². The Hall–Kier alpha value is -1.04. The Morgan fingerprint density at radius 2 is 1.71 bits per heavy atom. The highest BCUT2D eigenvalue weighted by Crippen LogP contribution is 2.03. The van der Waals surface area contributed by atoms with Crippen LogP contribution in [0, 0.1) is 0 Å². The molecule has 1 aromatic rings. The van der Waals surface area contributed by atoms with E-state index in [1.54, 1.807) is 0 Å². The standard InChI is InChI=1S/C10H14.C4H8/c1-2-3-7-10-8-5-4-6-9-10;1-3-4-2/h4-6,8-9H,2-3,7H2,1H3;3H,1,4H2,2H3. The predicted molar refractivity (Wildman–Crippen MR) is 65.5 cm³/mol. The van der Waals surface area contributed by atoms with E-state index in [-0.39, 0.29) is 0 Å². The van der Waals surface area contributed by atoms with Crippen molar-refractivity contribution in [3.05, 3.63) is 48.6 Å². The highest BCUT2D eigenvalue weighted by Gasteiger charge is 1.87. The molecule has 78 valence electrons. The molecule has 0 amide bonds. The van der Waals surface area contributed by atoms with Crippen LogP contribution in [0.15, 0.2) is 43.0 Å². The second kappa shape index (κ2) is 10.0. The van der Waals surface area contributed by atoms with Gasteiger partial charge in [-0.2, -0.15) is 0 Å². The molecule has 0 N–H and O–H groups in total. The Balaban J connectivity index is 0.000000364. The summed E-state index contributed by atoms with van der Waals surface area (Å²) < 4.78 is 0. The van der Waals surface area contributed by atoms with Crippen molar-refractivity contribution < 1.29 is 0 Å². The van der Waals surface area contributed by atoms with Gasteiger partial charge < -0.3 is 0 Å². The van der Waals surface area contributed by atoms with Crippen LogP contribution in [0.5, 0.6) is 0 Å². The van der Waals surface area contributed by atoms with Gasteiger partial charge in [0.25, 0.3) is 0 Å². The number of hydrogen-bond acceptors (Lipinski definition) is 0. The highest BCUT2D eigenvalue weighted by atomic mass is 13.9. The third-order valence-electron chi connectivity index (χ3n) is 1.95. The van der Waals surface area contributed by atoms with Crippen LogP contribution < -0.4 is 0 Å². The molecule has 0 unspecified atom stereocenters. The Morgan fingerprint density at radius 1 is 1.14 bits per heavy atom. The maximum absolute atomic E-state index is 3.48. The molecule has 0 aliphatic rings. The van der Waals surface area contributed by atoms with Crippen molar-refractivity contribution in [2.45, 2.75) is 39.5 Å². The van der Waals surface area contributed by atoms with Crippen molar-refractivity contribution in [1.82, 2.24) is 0 Å². The van der Waals surface area contributed by atoms with E-state index in [9.17, 15) is 0 Å². The van der Waals surface area contributed by atoms with E-state index in [2.05, 4.69) is 50.8 Å². The lowest BCUT2D eigenvalue weighted by Gasteiger charge is -1.96. The molecule has 0 atom stereocenters. The summed E-state index contributed by atoms with van der Waals surface area (Å²) in [6.45, 7) is 7.77. The number of unbranched alkanes of at least 4 members (excludes halogenated alkanes) is 1. The molecule has 0 aliphatic carbocycles. The summed E-state index contributed by atoms with van der Waals surface area (Å²) in [7, 11) is 0. The molecule has 0 bridgehead atoms. The average molecular weight is 190 g/mol. The minimum atomic E-state index is 1.08. The number of benzene rings is 1. The fourth-order valence-electron chi connectivity index (χ4n) is 1.03. The normalized spacial score (nSPS) is 8.71. The Morgan fingerprint density at radius 3 is 2.14 bits per heavy atom. The third kappa shape index (κ3) is 7.60. The number of allylic oxidation sites excluding steroid dienone is 1. The van der Waals surface area contributed by atoms with Crippen LogP contribution in [0.1, 0.15) is 38.7 Å². The van der Waals surface area contributed by atoms with Crippen LogP contribution in [0.2, 0.25) is 0 Å². The van der Waals surface area contributed by atoms with E-state index >= 15 is 0 Å². The molecule has 0 spiro atoms. The van der Waals surface area contributed by atoms with Gasteiger partial charge in [-0.05, 0) is 24.8 Å². The molecular formula is C14H22. The van der Waals surface area contributed by atoms with Crippen molar-refractivity contribution in [2.24, 2.45) is 0 Å². The maximum atomic E-state index is 3.48. The molecule has 1 rings (SSSR count). The van der Waals surface area contributed by atoms with Gasteiger partial charge in [-0.15, -0.1) is 6.58 Å². The molecule has 0 nitrogen and oxygen atoms in total. The molecule has 14 heavy (non-hydrogen) atoms. The summed E-state index contributed by atoms with van der Waals surface area (Å²) in [5.74, 6) is 0. The van der Waals surface area contributed by atoms with Crippen molar-refractivity contribution in [2.75, 3.05) is 0 Å². The lowest BCUT2D eigenvalue weighted by atomic mass is 10.1. The zero-order valence-corrected chi connectivity index (χ0v) is 9.50. The molecule has 0 heteroatoms. The van der Waals surface area contributed by atoms with E-state index in [1.807, 2.05) is 6.08 Å². The quantitative estimate of drug-likeness (QED) is 0.608. The monoisotopic (exact) mass is 190 g/mol. The van der Waals surface area contributed by atoms with Gasteiger partial charge in [-0.1, -0.05) is 56.7 Å². The summed E-state index contributed by atoms with van der Waals surface area (Å²) in [6.07, 6.45) is 6.79. The third-order valence-corrected chi connectivity index (χ3v) is 1.95.